The third-order valence-electron chi connectivity index (χ3n) is 5.51. The van der Waals surface area contributed by atoms with Crippen molar-refractivity contribution < 1.29 is 13.2 Å². The van der Waals surface area contributed by atoms with Crippen LogP contribution < -0.4 is 5.32 Å². The molecule has 0 atom stereocenters. The predicted octanol–water partition coefficient (Wildman–Crippen LogP) is 4.02. The van der Waals surface area contributed by atoms with Gasteiger partial charge in [0.15, 0.2) is 0 Å². The number of halogens is 2. The minimum Gasteiger partial charge on any atom is -0.415 e. The molecule has 1 aromatic carbocycles. The molecule has 4 aromatic rings. The summed E-state index contributed by atoms with van der Waals surface area (Å²) in [6.45, 7) is 1.30. The summed E-state index contributed by atoms with van der Waals surface area (Å²) in [5.74, 6) is -0.699. The molecule has 5 rings (SSSR count). The summed E-state index contributed by atoms with van der Waals surface area (Å²) in [7, 11) is 0. The van der Waals surface area contributed by atoms with E-state index in [-0.39, 0.29) is 5.89 Å². The standard InChI is InChI=1S/C22H21F2N7O/c23-20(24)22-29-28-21(32-22)16-8-9-18(26-11-16)12-31-13-19(27-30-31)15-6-4-14(5-7-15)10-25-17-2-1-3-17/h4-9,11,13,17,20,25H,1-3,10,12H2. The van der Waals surface area contributed by atoms with Gasteiger partial charge in [-0.2, -0.15) is 8.78 Å². The highest BCUT2D eigenvalue weighted by atomic mass is 19.3. The third-order valence-corrected chi connectivity index (χ3v) is 5.51. The van der Waals surface area contributed by atoms with Crippen molar-refractivity contribution in [1.29, 1.82) is 0 Å². The Morgan fingerprint density at radius 2 is 1.84 bits per heavy atom. The molecular formula is C22H21F2N7O. The molecule has 32 heavy (non-hydrogen) atoms. The number of rotatable bonds is 8. The van der Waals surface area contributed by atoms with Crippen LogP contribution in [0.4, 0.5) is 8.78 Å². The first kappa shape index (κ1) is 20.4. The van der Waals surface area contributed by atoms with Crippen molar-refractivity contribution >= 4 is 0 Å². The first-order valence-electron chi connectivity index (χ1n) is 10.4. The average Bonchev–Trinajstić information content (AvgIpc) is 3.44. The normalized spacial score (nSPS) is 14.1. The van der Waals surface area contributed by atoms with Crippen LogP contribution in [0.15, 0.2) is 53.2 Å². The number of pyridine rings is 1. The fraction of sp³-hybridized carbons (Fsp3) is 0.318. The molecule has 0 radical (unpaired) electrons. The van der Waals surface area contributed by atoms with Crippen molar-refractivity contribution in [2.45, 2.75) is 44.8 Å². The Hall–Kier alpha value is -3.53. The predicted molar refractivity (Wildman–Crippen MR) is 112 cm³/mol. The molecule has 0 aliphatic heterocycles. The van der Waals surface area contributed by atoms with Gasteiger partial charge >= 0.3 is 6.43 Å². The monoisotopic (exact) mass is 437 g/mol. The Balaban J connectivity index is 1.21. The van der Waals surface area contributed by atoms with E-state index in [4.69, 9.17) is 4.42 Å². The molecule has 164 valence electrons. The zero-order valence-electron chi connectivity index (χ0n) is 17.2. The van der Waals surface area contributed by atoms with Crippen LogP contribution in [0.3, 0.4) is 0 Å². The molecule has 1 aliphatic carbocycles. The number of nitrogens with one attached hydrogen (secondary N) is 1. The van der Waals surface area contributed by atoms with Gasteiger partial charge in [0.1, 0.15) is 5.69 Å². The lowest BCUT2D eigenvalue weighted by atomic mass is 9.93. The second-order valence-corrected chi connectivity index (χ2v) is 7.79. The number of nitrogens with zero attached hydrogens (tertiary/aromatic N) is 6. The van der Waals surface area contributed by atoms with E-state index in [1.165, 1.54) is 31.0 Å². The molecule has 0 saturated heterocycles. The Morgan fingerprint density at radius 1 is 1.03 bits per heavy atom. The molecule has 1 fully saturated rings. The molecule has 10 heteroatoms. The average molecular weight is 437 g/mol. The largest absolute Gasteiger partial charge is 0.415 e. The van der Waals surface area contributed by atoms with Gasteiger partial charge in [0, 0.05) is 24.3 Å². The maximum atomic E-state index is 12.6. The fourth-order valence-electron chi connectivity index (χ4n) is 3.43. The van der Waals surface area contributed by atoms with Gasteiger partial charge in [-0.25, -0.2) is 4.68 Å². The molecule has 3 heterocycles. The first-order chi connectivity index (χ1) is 15.6. The van der Waals surface area contributed by atoms with Gasteiger partial charge in [-0.15, -0.1) is 15.3 Å². The SMILES string of the molecule is FC(F)c1nnc(-c2ccc(Cn3cc(-c4ccc(CNC5CCC5)cc4)nn3)nc2)o1. The quantitative estimate of drug-likeness (QED) is 0.445. The molecule has 1 saturated carbocycles. The number of benzene rings is 1. The summed E-state index contributed by atoms with van der Waals surface area (Å²) in [5.41, 5.74) is 4.23. The van der Waals surface area contributed by atoms with E-state index >= 15 is 0 Å². The highest BCUT2D eigenvalue weighted by Gasteiger charge is 2.17. The van der Waals surface area contributed by atoms with Crippen molar-refractivity contribution in [1.82, 2.24) is 35.5 Å². The number of aromatic nitrogens is 6. The van der Waals surface area contributed by atoms with Gasteiger partial charge in [0.25, 0.3) is 5.89 Å². The van der Waals surface area contributed by atoms with Crippen LogP contribution >= 0.6 is 0 Å². The zero-order valence-corrected chi connectivity index (χ0v) is 17.2. The summed E-state index contributed by atoms with van der Waals surface area (Å²) in [6, 6.07) is 12.4. The number of hydrogen-bond acceptors (Lipinski definition) is 7. The Kier molecular flexibility index (Phi) is 5.68. The maximum Gasteiger partial charge on any atom is 0.314 e. The molecule has 0 unspecified atom stereocenters. The van der Waals surface area contributed by atoms with E-state index in [0.29, 0.717) is 18.2 Å². The maximum absolute atomic E-state index is 12.6. The zero-order chi connectivity index (χ0) is 21.9. The second kappa shape index (κ2) is 8.91. The van der Waals surface area contributed by atoms with Crippen LogP contribution in [0, 0.1) is 0 Å². The lowest BCUT2D eigenvalue weighted by molar-refractivity contribution is 0.116. The summed E-state index contributed by atoms with van der Waals surface area (Å²) in [5, 5.41) is 18.9. The first-order valence-corrected chi connectivity index (χ1v) is 10.4. The van der Waals surface area contributed by atoms with E-state index in [2.05, 4.69) is 55.1 Å². The van der Waals surface area contributed by atoms with Crippen LogP contribution in [-0.2, 0) is 13.1 Å². The summed E-state index contributed by atoms with van der Waals surface area (Å²) >= 11 is 0. The molecule has 0 amide bonds. The van der Waals surface area contributed by atoms with E-state index in [0.717, 1.165) is 23.5 Å². The van der Waals surface area contributed by atoms with Crippen LogP contribution in [0.5, 0.6) is 0 Å². The number of alkyl halides is 2. The minimum absolute atomic E-state index is 0.00808. The topological polar surface area (TPSA) is 94.6 Å². The van der Waals surface area contributed by atoms with Crippen molar-refractivity contribution in [3.63, 3.8) is 0 Å². The molecule has 1 N–H and O–H groups in total. The Labute approximate surface area is 182 Å². The van der Waals surface area contributed by atoms with Gasteiger partial charge in [-0.05, 0) is 30.5 Å². The Bertz CT molecular complexity index is 1170. The summed E-state index contributed by atoms with van der Waals surface area (Å²) < 4.78 is 31.8. The van der Waals surface area contributed by atoms with Crippen molar-refractivity contribution in [2.24, 2.45) is 0 Å². The summed E-state index contributed by atoms with van der Waals surface area (Å²) in [4.78, 5) is 4.33. The van der Waals surface area contributed by atoms with Crippen LogP contribution in [0.1, 0.15) is 42.8 Å². The molecule has 0 bridgehead atoms. The molecular weight excluding hydrogens is 416 g/mol. The van der Waals surface area contributed by atoms with Gasteiger partial charge in [-0.3, -0.25) is 4.98 Å². The molecule has 8 nitrogen and oxygen atoms in total. The van der Waals surface area contributed by atoms with E-state index in [9.17, 15) is 8.78 Å². The summed E-state index contributed by atoms with van der Waals surface area (Å²) in [6.07, 6.45) is 4.44. The van der Waals surface area contributed by atoms with Crippen LogP contribution in [-0.4, -0.2) is 36.2 Å². The van der Waals surface area contributed by atoms with Gasteiger partial charge in [-0.1, -0.05) is 35.9 Å². The van der Waals surface area contributed by atoms with E-state index in [1.807, 2.05) is 6.20 Å². The molecule has 0 spiro atoms. The minimum atomic E-state index is -2.80. The highest BCUT2D eigenvalue weighted by Crippen LogP contribution is 2.23. The molecule has 1 aliphatic rings. The lowest BCUT2D eigenvalue weighted by Gasteiger charge is -2.26. The fourth-order valence-corrected chi connectivity index (χ4v) is 3.43. The van der Waals surface area contributed by atoms with Crippen LogP contribution in [0.25, 0.3) is 22.7 Å². The van der Waals surface area contributed by atoms with E-state index < -0.39 is 12.3 Å². The highest BCUT2D eigenvalue weighted by molar-refractivity contribution is 5.58. The van der Waals surface area contributed by atoms with Crippen molar-refractivity contribution in [3.05, 3.63) is 65.9 Å². The van der Waals surface area contributed by atoms with Gasteiger partial charge < -0.3 is 9.73 Å². The molecule has 3 aromatic heterocycles. The van der Waals surface area contributed by atoms with Crippen molar-refractivity contribution in [3.8, 4) is 22.7 Å². The number of hydrogen-bond donors (Lipinski definition) is 1. The Morgan fingerprint density at radius 3 is 2.50 bits per heavy atom. The van der Waals surface area contributed by atoms with Crippen molar-refractivity contribution in [2.75, 3.05) is 0 Å². The lowest BCUT2D eigenvalue weighted by Crippen LogP contribution is -2.34. The van der Waals surface area contributed by atoms with Gasteiger partial charge in [0.05, 0.1) is 24.0 Å². The third kappa shape index (κ3) is 4.54. The second-order valence-electron chi connectivity index (χ2n) is 7.79. The van der Waals surface area contributed by atoms with Crippen LogP contribution in [0.2, 0.25) is 0 Å². The smallest absolute Gasteiger partial charge is 0.314 e. The van der Waals surface area contributed by atoms with E-state index in [1.54, 1.807) is 16.8 Å². The van der Waals surface area contributed by atoms with Gasteiger partial charge in [0.2, 0.25) is 5.89 Å².